The Morgan fingerprint density at radius 1 is 1.29 bits per heavy atom. The van der Waals surface area contributed by atoms with E-state index in [-0.39, 0.29) is 12.5 Å². The third-order valence-corrected chi connectivity index (χ3v) is 3.16. The molecule has 3 N–H and O–H groups in total. The van der Waals surface area contributed by atoms with Crippen LogP contribution in [0.5, 0.6) is 5.75 Å². The van der Waals surface area contributed by atoms with E-state index in [0.29, 0.717) is 11.0 Å². The number of methoxy groups -OCH3 is 1. The van der Waals surface area contributed by atoms with E-state index < -0.39 is 0 Å². The SMILES string of the molecule is COc1ccc(/C=N\OCC(=O)NNC(=S)NCCC(C)C)cc1. The van der Waals surface area contributed by atoms with Crippen LogP contribution in [0.25, 0.3) is 0 Å². The highest BCUT2D eigenvalue weighted by molar-refractivity contribution is 7.80. The number of ether oxygens (including phenoxy) is 1. The summed E-state index contributed by atoms with van der Waals surface area (Å²) >= 11 is 5.03. The first-order valence-electron chi connectivity index (χ1n) is 7.63. The van der Waals surface area contributed by atoms with Crippen molar-refractivity contribution in [2.75, 3.05) is 20.3 Å². The Bertz CT molecular complexity index is 547. The Labute approximate surface area is 147 Å². The lowest BCUT2D eigenvalue weighted by atomic mass is 10.1. The van der Waals surface area contributed by atoms with E-state index in [4.69, 9.17) is 21.8 Å². The first-order valence-corrected chi connectivity index (χ1v) is 8.04. The number of nitrogens with zero attached hydrogens (tertiary/aromatic N) is 1. The van der Waals surface area contributed by atoms with E-state index in [0.717, 1.165) is 24.3 Å². The third kappa shape index (κ3) is 8.94. The number of carbonyl (C=O) groups excluding carboxylic acids is 1. The Morgan fingerprint density at radius 3 is 2.62 bits per heavy atom. The number of benzene rings is 1. The van der Waals surface area contributed by atoms with Gasteiger partial charge >= 0.3 is 0 Å². The first-order chi connectivity index (χ1) is 11.5. The Hall–Kier alpha value is -2.35. The largest absolute Gasteiger partial charge is 0.497 e. The van der Waals surface area contributed by atoms with Gasteiger partial charge in [-0.3, -0.25) is 15.6 Å². The number of amides is 1. The van der Waals surface area contributed by atoms with E-state index in [2.05, 4.69) is 35.2 Å². The van der Waals surface area contributed by atoms with Crippen molar-refractivity contribution in [1.29, 1.82) is 0 Å². The van der Waals surface area contributed by atoms with E-state index >= 15 is 0 Å². The minimum absolute atomic E-state index is 0.214. The fraction of sp³-hybridized carbons (Fsp3) is 0.438. The highest BCUT2D eigenvalue weighted by Gasteiger charge is 2.02. The summed E-state index contributed by atoms with van der Waals surface area (Å²) in [6.07, 6.45) is 2.51. The van der Waals surface area contributed by atoms with Gasteiger partial charge in [0.2, 0.25) is 0 Å². The van der Waals surface area contributed by atoms with Crippen LogP contribution >= 0.6 is 12.2 Å². The molecule has 132 valence electrons. The number of hydrogen-bond donors (Lipinski definition) is 3. The minimum Gasteiger partial charge on any atom is -0.497 e. The normalized spacial score (nSPS) is 10.5. The quantitative estimate of drug-likeness (QED) is 0.374. The average molecular weight is 352 g/mol. The van der Waals surface area contributed by atoms with Crippen LogP contribution in [0, 0.1) is 5.92 Å². The van der Waals surface area contributed by atoms with Gasteiger partial charge in [0, 0.05) is 6.54 Å². The van der Waals surface area contributed by atoms with Crippen LogP contribution < -0.4 is 20.9 Å². The van der Waals surface area contributed by atoms with Gasteiger partial charge in [-0.1, -0.05) is 19.0 Å². The maximum Gasteiger partial charge on any atom is 0.279 e. The summed E-state index contributed by atoms with van der Waals surface area (Å²) in [4.78, 5) is 16.5. The van der Waals surface area contributed by atoms with Crippen molar-refractivity contribution in [3.05, 3.63) is 29.8 Å². The minimum atomic E-state index is -0.380. The van der Waals surface area contributed by atoms with Crippen molar-refractivity contribution in [1.82, 2.24) is 16.2 Å². The lowest BCUT2D eigenvalue weighted by Gasteiger charge is -2.11. The van der Waals surface area contributed by atoms with Crippen molar-refractivity contribution < 1.29 is 14.4 Å². The molecule has 0 saturated carbocycles. The van der Waals surface area contributed by atoms with Crippen molar-refractivity contribution in [3.8, 4) is 5.75 Å². The molecule has 8 heteroatoms. The van der Waals surface area contributed by atoms with Gasteiger partial charge in [0.25, 0.3) is 5.91 Å². The molecule has 7 nitrogen and oxygen atoms in total. The predicted octanol–water partition coefficient (Wildman–Crippen LogP) is 1.59. The standard InChI is InChI=1S/C16H24N4O3S/c1-12(2)8-9-17-16(24)20-19-15(21)11-23-18-10-13-4-6-14(22-3)7-5-13/h4-7,10,12H,8-9,11H2,1-3H3,(H,19,21)(H2,17,20,24)/b18-10-. The molecular formula is C16H24N4O3S. The third-order valence-electron chi connectivity index (χ3n) is 2.91. The summed E-state index contributed by atoms with van der Waals surface area (Å²) < 4.78 is 5.06. The number of oxime groups is 1. The molecule has 0 aliphatic rings. The lowest BCUT2D eigenvalue weighted by Crippen LogP contribution is -2.48. The van der Waals surface area contributed by atoms with E-state index in [9.17, 15) is 4.79 Å². The van der Waals surface area contributed by atoms with Crippen molar-refractivity contribution >= 4 is 29.5 Å². The zero-order chi connectivity index (χ0) is 17.8. The van der Waals surface area contributed by atoms with Crippen molar-refractivity contribution in [3.63, 3.8) is 0 Å². The molecule has 0 aliphatic heterocycles. The Kier molecular flexibility index (Phi) is 9.21. The molecular weight excluding hydrogens is 328 g/mol. The van der Waals surface area contributed by atoms with Gasteiger partial charge in [0.15, 0.2) is 11.7 Å². The number of nitrogens with one attached hydrogen (secondary N) is 3. The number of hydrazine groups is 1. The van der Waals surface area contributed by atoms with Crippen LogP contribution in [0.2, 0.25) is 0 Å². The van der Waals surface area contributed by atoms with Gasteiger partial charge in [0.1, 0.15) is 5.75 Å². The maximum atomic E-state index is 11.5. The molecule has 0 spiro atoms. The Morgan fingerprint density at radius 2 is 2.00 bits per heavy atom. The highest BCUT2D eigenvalue weighted by Crippen LogP contribution is 2.09. The molecule has 0 aromatic heterocycles. The lowest BCUT2D eigenvalue weighted by molar-refractivity contribution is -0.126. The predicted molar refractivity (Wildman–Crippen MR) is 97.9 cm³/mol. The van der Waals surface area contributed by atoms with Gasteiger partial charge in [-0.2, -0.15) is 0 Å². The van der Waals surface area contributed by atoms with E-state index in [1.54, 1.807) is 7.11 Å². The summed E-state index contributed by atoms with van der Waals surface area (Å²) in [5.74, 6) is 0.971. The number of rotatable bonds is 8. The van der Waals surface area contributed by atoms with E-state index in [1.165, 1.54) is 6.21 Å². The zero-order valence-corrected chi connectivity index (χ0v) is 15.0. The van der Waals surface area contributed by atoms with Crippen LogP contribution in [0.3, 0.4) is 0 Å². The summed E-state index contributed by atoms with van der Waals surface area (Å²) in [6.45, 7) is 4.80. The van der Waals surface area contributed by atoms with Crippen LogP contribution in [-0.2, 0) is 9.63 Å². The molecule has 0 fully saturated rings. The van der Waals surface area contributed by atoms with Gasteiger partial charge < -0.3 is 14.9 Å². The van der Waals surface area contributed by atoms with Gasteiger partial charge in [0.05, 0.1) is 13.3 Å². The van der Waals surface area contributed by atoms with Gasteiger partial charge in [-0.15, -0.1) is 0 Å². The summed E-state index contributed by atoms with van der Waals surface area (Å²) in [7, 11) is 1.60. The maximum absolute atomic E-state index is 11.5. The molecule has 24 heavy (non-hydrogen) atoms. The van der Waals surface area contributed by atoms with Gasteiger partial charge in [-0.05, 0) is 54.4 Å². The molecule has 1 aromatic carbocycles. The monoisotopic (exact) mass is 352 g/mol. The fourth-order valence-electron chi connectivity index (χ4n) is 1.57. The van der Waals surface area contributed by atoms with Crippen molar-refractivity contribution in [2.24, 2.45) is 11.1 Å². The molecule has 0 unspecified atom stereocenters. The van der Waals surface area contributed by atoms with Crippen LogP contribution in [0.4, 0.5) is 0 Å². The Balaban J connectivity index is 2.16. The average Bonchev–Trinajstić information content (AvgIpc) is 2.57. The van der Waals surface area contributed by atoms with Crippen LogP contribution in [0.15, 0.2) is 29.4 Å². The molecule has 0 aliphatic carbocycles. The van der Waals surface area contributed by atoms with Gasteiger partial charge in [-0.25, -0.2) is 0 Å². The fourth-order valence-corrected chi connectivity index (χ4v) is 1.72. The smallest absolute Gasteiger partial charge is 0.279 e. The summed E-state index contributed by atoms with van der Waals surface area (Å²) in [5.41, 5.74) is 5.87. The summed E-state index contributed by atoms with van der Waals surface area (Å²) in [6, 6.07) is 7.28. The second-order valence-corrected chi connectivity index (χ2v) is 5.80. The zero-order valence-electron chi connectivity index (χ0n) is 14.2. The van der Waals surface area contributed by atoms with Crippen molar-refractivity contribution in [2.45, 2.75) is 20.3 Å². The summed E-state index contributed by atoms with van der Waals surface area (Å²) in [5, 5.41) is 7.09. The topological polar surface area (TPSA) is 84.0 Å². The molecule has 0 saturated heterocycles. The molecule has 1 amide bonds. The molecule has 0 radical (unpaired) electrons. The number of hydrogen-bond acceptors (Lipinski definition) is 5. The van der Waals surface area contributed by atoms with Crippen LogP contribution in [-0.4, -0.2) is 37.5 Å². The highest BCUT2D eigenvalue weighted by atomic mass is 32.1. The number of thiocarbonyl (C=S) groups is 1. The molecule has 1 aromatic rings. The van der Waals surface area contributed by atoms with Crippen LogP contribution in [0.1, 0.15) is 25.8 Å². The van der Waals surface area contributed by atoms with E-state index in [1.807, 2.05) is 24.3 Å². The first kappa shape index (κ1) is 19.7. The second-order valence-electron chi connectivity index (χ2n) is 5.39. The molecule has 0 atom stereocenters. The molecule has 1 rings (SSSR count). The molecule has 0 bridgehead atoms. The molecule has 0 heterocycles. The second kappa shape index (κ2) is 11.2. The number of carbonyl (C=O) groups is 1.